The van der Waals surface area contributed by atoms with Crippen LogP contribution in [0.2, 0.25) is 0 Å². The Morgan fingerprint density at radius 1 is 0.429 bits per heavy atom. The molecule has 5 nitrogen and oxygen atoms in total. The zero-order valence-electron chi connectivity index (χ0n) is 26.2. The first-order chi connectivity index (χ1) is 24.2. The van der Waals surface area contributed by atoms with E-state index in [1.165, 1.54) is 0 Å². The highest BCUT2D eigenvalue weighted by molar-refractivity contribution is 6.17. The second-order valence-corrected chi connectivity index (χ2v) is 11.7. The summed E-state index contributed by atoms with van der Waals surface area (Å²) in [5.74, 6) is 0. The van der Waals surface area contributed by atoms with Gasteiger partial charge in [0.05, 0.1) is 51.6 Å². The van der Waals surface area contributed by atoms with Gasteiger partial charge in [0.2, 0.25) is 0 Å². The first-order valence-corrected chi connectivity index (χ1v) is 15.8. The number of benzene rings is 6. The molecular weight excluding hydrogens is 599 g/mol. The number of nitriles is 3. The maximum Gasteiger partial charge on any atom is 0.0998 e. The highest BCUT2D eigenvalue weighted by atomic mass is 15.0. The van der Waals surface area contributed by atoms with Crippen molar-refractivity contribution in [3.63, 3.8) is 0 Å². The molecule has 2 heterocycles. The van der Waals surface area contributed by atoms with Gasteiger partial charge < -0.3 is 4.57 Å². The summed E-state index contributed by atoms with van der Waals surface area (Å²) in [5.41, 5.74) is 12.3. The van der Waals surface area contributed by atoms with Gasteiger partial charge in [0.1, 0.15) is 0 Å². The van der Waals surface area contributed by atoms with E-state index in [0.717, 1.165) is 72.0 Å². The molecule has 6 aromatic carbocycles. The van der Waals surface area contributed by atoms with Crippen LogP contribution in [0.5, 0.6) is 0 Å². The van der Waals surface area contributed by atoms with Gasteiger partial charge in [0, 0.05) is 45.4 Å². The van der Waals surface area contributed by atoms with Gasteiger partial charge in [0.25, 0.3) is 0 Å². The molecule has 2 aromatic heterocycles. The molecule has 0 radical (unpaired) electrons. The average Bonchev–Trinajstić information content (AvgIpc) is 3.53. The smallest absolute Gasteiger partial charge is 0.0998 e. The van der Waals surface area contributed by atoms with Gasteiger partial charge in [-0.2, -0.15) is 15.8 Å². The quantitative estimate of drug-likeness (QED) is 0.191. The molecule has 8 rings (SSSR count). The van der Waals surface area contributed by atoms with Crippen LogP contribution in [0.3, 0.4) is 0 Å². The van der Waals surface area contributed by atoms with Gasteiger partial charge in [-0.05, 0) is 70.8 Å². The van der Waals surface area contributed by atoms with Gasteiger partial charge >= 0.3 is 0 Å². The second-order valence-electron chi connectivity index (χ2n) is 11.7. The SMILES string of the molecule is N#Cc1ccc(-c2cccc3c4cccc(-c5ccc(C#N)cc5)c4n(-c4cc(-c5ccncc5)c(C#N)cc4-c4ccccc4)c23)cc1. The summed E-state index contributed by atoms with van der Waals surface area (Å²) in [5, 5.41) is 31.7. The maximum absolute atomic E-state index is 10.5. The fraction of sp³-hybridized carbons (Fsp3) is 0. The molecule has 0 aliphatic rings. The van der Waals surface area contributed by atoms with Crippen molar-refractivity contribution < 1.29 is 0 Å². The van der Waals surface area contributed by atoms with Gasteiger partial charge in [-0.25, -0.2) is 0 Å². The van der Waals surface area contributed by atoms with Crippen molar-refractivity contribution >= 4 is 21.8 Å². The number of nitrogens with zero attached hydrogens (tertiary/aromatic N) is 5. The summed E-state index contributed by atoms with van der Waals surface area (Å²) in [6.07, 6.45) is 3.49. The van der Waals surface area contributed by atoms with Gasteiger partial charge in [0.15, 0.2) is 0 Å². The third kappa shape index (κ3) is 4.99. The Bertz CT molecular complexity index is 2540. The third-order valence-electron chi connectivity index (χ3n) is 9.03. The summed E-state index contributed by atoms with van der Waals surface area (Å²) in [6.45, 7) is 0. The number of para-hydroxylation sites is 2. The topological polar surface area (TPSA) is 89.2 Å². The van der Waals surface area contributed by atoms with Crippen LogP contribution in [0.4, 0.5) is 0 Å². The largest absolute Gasteiger partial charge is 0.307 e. The Labute approximate surface area is 283 Å². The predicted molar refractivity (Wildman–Crippen MR) is 194 cm³/mol. The van der Waals surface area contributed by atoms with Crippen molar-refractivity contribution in [2.75, 3.05) is 0 Å². The van der Waals surface area contributed by atoms with E-state index < -0.39 is 0 Å². The molecular formula is C44H25N5. The Kier molecular flexibility index (Phi) is 7.24. The average molecular weight is 624 g/mol. The zero-order chi connectivity index (χ0) is 33.3. The van der Waals surface area contributed by atoms with Crippen LogP contribution in [0, 0.1) is 34.0 Å². The lowest BCUT2D eigenvalue weighted by atomic mass is 9.93. The molecule has 0 atom stereocenters. The summed E-state index contributed by atoms with van der Waals surface area (Å²) in [6, 6.07) is 53.2. The van der Waals surface area contributed by atoms with Crippen molar-refractivity contribution in [1.82, 2.24) is 9.55 Å². The molecule has 0 N–H and O–H groups in total. The van der Waals surface area contributed by atoms with Crippen molar-refractivity contribution in [3.05, 3.63) is 169 Å². The van der Waals surface area contributed by atoms with E-state index in [1.807, 2.05) is 84.9 Å². The van der Waals surface area contributed by atoms with Crippen molar-refractivity contribution in [2.45, 2.75) is 0 Å². The van der Waals surface area contributed by atoms with E-state index in [0.29, 0.717) is 16.7 Å². The first-order valence-electron chi connectivity index (χ1n) is 15.8. The molecule has 49 heavy (non-hydrogen) atoms. The fourth-order valence-corrected chi connectivity index (χ4v) is 6.76. The Hall–Kier alpha value is -7.26. The monoisotopic (exact) mass is 623 g/mol. The minimum Gasteiger partial charge on any atom is -0.307 e. The summed E-state index contributed by atoms with van der Waals surface area (Å²) >= 11 is 0. The van der Waals surface area contributed by atoms with E-state index >= 15 is 0 Å². The molecule has 0 unspecified atom stereocenters. The van der Waals surface area contributed by atoms with E-state index in [4.69, 9.17) is 0 Å². The number of rotatable bonds is 5. The van der Waals surface area contributed by atoms with Gasteiger partial charge in [-0.1, -0.05) is 91.0 Å². The van der Waals surface area contributed by atoms with Crippen LogP contribution in [-0.4, -0.2) is 9.55 Å². The Morgan fingerprint density at radius 2 is 0.939 bits per heavy atom. The van der Waals surface area contributed by atoms with E-state index in [-0.39, 0.29) is 0 Å². The minimum atomic E-state index is 0.564. The number of fused-ring (bicyclic) bond motifs is 3. The Balaban J connectivity index is 1.58. The standard InChI is InChI=1S/C44H25N5/c45-26-29-12-16-32(17-13-29)36-8-4-10-38-39-11-5-9-37(33-18-14-30(27-46)15-19-33)44(39)49(43(36)38)42-25-40(34-20-22-48-23-21-34)35(28-47)24-41(42)31-6-2-1-3-7-31/h1-25H. The molecule has 0 aliphatic heterocycles. The zero-order valence-corrected chi connectivity index (χ0v) is 26.2. The van der Waals surface area contributed by atoms with Crippen LogP contribution in [0.15, 0.2) is 152 Å². The highest BCUT2D eigenvalue weighted by Gasteiger charge is 2.23. The molecule has 0 saturated carbocycles. The Morgan fingerprint density at radius 3 is 1.45 bits per heavy atom. The maximum atomic E-state index is 10.5. The molecule has 0 bridgehead atoms. The van der Waals surface area contributed by atoms with Crippen LogP contribution in [0.25, 0.3) is 72.0 Å². The molecule has 0 fully saturated rings. The predicted octanol–water partition coefficient (Wildman–Crippen LogP) is 10.5. The van der Waals surface area contributed by atoms with Gasteiger partial charge in [-0.15, -0.1) is 0 Å². The minimum absolute atomic E-state index is 0.564. The number of pyridine rings is 1. The normalized spacial score (nSPS) is 10.8. The molecule has 5 heteroatoms. The lowest BCUT2D eigenvalue weighted by Gasteiger charge is -2.20. The molecule has 8 aromatic rings. The van der Waals surface area contributed by atoms with Crippen LogP contribution >= 0.6 is 0 Å². The van der Waals surface area contributed by atoms with Crippen LogP contribution < -0.4 is 0 Å². The first kappa shape index (κ1) is 29.2. The van der Waals surface area contributed by atoms with Crippen molar-refractivity contribution in [1.29, 1.82) is 15.8 Å². The van der Waals surface area contributed by atoms with E-state index in [9.17, 15) is 15.8 Å². The molecule has 0 aliphatic carbocycles. The van der Waals surface area contributed by atoms with Crippen LogP contribution in [-0.2, 0) is 0 Å². The molecule has 0 amide bonds. The second kappa shape index (κ2) is 12.2. The number of hydrogen-bond donors (Lipinski definition) is 0. The fourth-order valence-electron chi connectivity index (χ4n) is 6.76. The molecule has 0 spiro atoms. The third-order valence-corrected chi connectivity index (χ3v) is 9.03. The summed E-state index contributed by atoms with van der Waals surface area (Å²) in [4.78, 5) is 4.23. The molecule has 0 saturated heterocycles. The lowest BCUT2D eigenvalue weighted by Crippen LogP contribution is -2.02. The van der Waals surface area contributed by atoms with Gasteiger partial charge in [-0.3, -0.25) is 4.98 Å². The number of hydrogen-bond acceptors (Lipinski definition) is 4. The summed E-state index contributed by atoms with van der Waals surface area (Å²) < 4.78 is 2.33. The summed E-state index contributed by atoms with van der Waals surface area (Å²) in [7, 11) is 0. The van der Waals surface area contributed by atoms with Crippen molar-refractivity contribution in [3.8, 4) is 68.4 Å². The molecule has 226 valence electrons. The van der Waals surface area contributed by atoms with Crippen molar-refractivity contribution in [2.24, 2.45) is 0 Å². The lowest BCUT2D eigenvalue weighted by molar-refractivity contribution is 1.18. The van der Waals surface area contributed by atoms with E-state index in [2.05, 4.69) is 82.4 Å². The number of aromatic nitrogens is 2. The van der Waals surface area contributed by atoms with Crippen LogP contribution in [0.1, 0.15) is 16.7 Å². The highest BCUT2D eigenvalue weighted by Crippen LogP contribution is 2.45. The van der Waals surface area contributed by atoms with E-state index in [1.54, 1.807) is 12.4 Å².